The number of allylic oxidation sites excluding steroid dienone is 1. The third-order valence-electron chi connectivity index (χ3n) is 7.88. The van der Waals surface area contributed by atoms with Gasteiger partial charge in [0.1, 0.15) is 23.2 Å². The van der Waals surface area contributed by atoms with E-state index >= 15 is 0 Å². The van der Waals surface area contributed by atoms with Gasteiger partial charge in [-0.1, -0.05) is 38.3 Å². The van der Waals surface area contributed by atoms with Crippen LogP contribution in [-0.4, -0.2) is 83.9 Å². The van der Waals surface area contributed by atoms with Crippen LogP contribution in [0.5, 0.6) is 0 Å². The van der Waals surface area contributed by atoms with Crippen molar-refractivity contribution in [2.45, 2.75) is 121 Å². The molecule has 0 radical (unpaired) electrons. The van der Waals surface area contributed by atoms with Crippen LogP contribution in [0, 0.1) is 5.92 Å². The molecular formula is C28H43N7O6. The van der Waals surface area contributed by atoms with E-state index in [2.05, 4.69) is 33.0 Å². The molecule has 13 nitrogen and oxygen atoms in total. The van der Waals surface area contributed by atoms with E-state index in [0.717, 1.165) is 32.1 Å². The van der Waals surface area contributed by atoms with Gasteiger partial charge in [-0.15, -0.1) is 10.2 Å². The van der Waals surface area contributed by atoms with E-state index in [1.54, 1.807) is 20.8 Å². The van der Waals surface area contributed by atoms with Crippen LogP contribution in [0.3, 0.4) is 0 Å². The molecule has 2 aliphatic heterocycles. The largest absolute Gasteiger partial charge is 0.479 e. The molecule has 0 bridgehead atoms. The maximum atomic E-state index is 14.0. The van der Waals surface area contributed by atoms with Gasteiger partial charge in [-0.2, -0.15) is 4.80 Å². The molecule has 4 rings (SSSR count). The number of hydrogen-bond donors (Lipinski definition) is 3. The molecule has 0 unspecified atom stereocenters. The molecule has 13 heteroatoms. The number of amides is 3. The molecule has 5 atom stereocenters. The molecule has 0 spiro atoms. The van der Waals surface area contributed by atoms with E-state index in [4.69, 9.17) is 4.74 Å². The van der Waals surface area contributed by atoms with Crippen molar-refractivity contribution < 1.29 is 29.0 Å². The highest BCUT2D eigenvalue weighted by Gasteiger charge is 2.61. The monoisotopic (exact) mass is 573 g/mol. The highest BCUT2D eigenvalue weighted by atomic mass is 16.6. The summed E-state index contributed by atoms with van der Waals surface area (Å²) < 4.78 is 5.42. The first-order valence-corrected chi connectivity index (χ1v) is 14.7. The molecule has 1 aliphatic carbocycles. The van der Waals surface area contributed by atoms with Crippen molar-refractivity contribution in [1.29, 1.82) is 0 Å². The van der Waals surface area contributed by atoms with Gasteiger partial charge >= 0.3 is 12.1 Å². The Labute approximate surface area is 240 Å². The zero-order valence-corrected chi connectivity index (χ0v) is 24.5. The summed E-state index contributed by atoms with van der Waals surface area (Å²) in [5.74, 6) is -1.78. The van der Waals surface area contributed by atoms with Crippen LogP contribution in [0.1, 0.15) is 97.3 Å². The lowest BCUT2D eigenvalue weighted by atomic mass is 10.0. The Kier molecular flexibility index (Phi) is 9.33. The molecule has 1 saturated heterocycles. The fourth-order valence-electron chi connectivity index (χ4n) is 5.54. The van der Waals surface area contributed by atoms with E-state index in [-0.39, 0.29) is 18.9 Å². The second-order valence-electron chi connectivity index (χ2n) is 12.4. The molecule has 1 saturated carbocycles. The summed E-state index contributed by atoms with van der Waals surface area (Å²) >= 11 is 0. The van der Waals surface area contributed by atoms with E-state index in [0.29, 0.717) is 31.5 Å². The fraction of sp³-hybridized carbons (Fsp3) is 0.750. The van der Waals surface area contributed by atoms with Crippen molar-refractivity contribution in [2.24, 2.45) is 5.92 Å². The van der Waals surface area contributed by atoms with Crippen molar-refractivity contribution in [3.63, 3.8) is 0 Å². The molecule has 41 heavy (non-hydrogen) atoms. The summed E-state index contributed by atoms with van der Waals surface area (Å²) in [6, 6.07) is -2.31. The average molecular weight is 574 g/mol. The number of rotatable bonds is 6. The van der Waals surface area contributed by atoms with E-state index in [1.165, 1.54) is 9.70 Å². The number of unbranched alkanes of at least 4 members (excludes halogenated alkanes) is 1. The van der Waals surface area contributed by atoms with Crippen LogP contribution in [0.25, 0.3) is 0 Å². The number of carbonyl (C=O) groups excluding carboxylic acids is 3. The van der Waals surface area contributed by atoms with Crippen molar-refractivity contribution in [3.8, 4) is 0 Å². The summed E-state index contributed by atoms with van der Waals surface area (Å²) in [6.45, 7) is 7.42. The van der Waals surface area contributed by atoms with Gasteiger partial charge in [-0.25, -0.2) is 9.59 Å². The quantitative estimate of drug-likeness (QED) is 0.433. The van der Waals surface area contributed by atoms with Gasteiger partial charge in [0, 0.05) is 25.3 Å². The molecular weight excluding hydrogens is 530 g/mol. The topological polar surface area (TPSA) is 169 Å². The first kappa shape index (κ1) is 30.4. The van der Waals surface area contributed by atoms with E-state index in [9.17, 15) is 24.3 Å². The Balaban J connectivity index is 1.62. The smallest absolute Gasteiger partial charge is 0.408 e. The molecule has 226 valence electrons. The number of ether oxygens (including phenoxy) is 1. The lowest BCUT2D eigenvalue weighted by Gasteiger charge is -2.30. The first-order chi connectivity index (χ1) is 19.4. The average Bonchev–Trinajstić information content (AvgIpc) is 3.22. The molecule has 3 aliphatic rings. The number of fused-ring (bicyclic) bond motifs is 2. The van der Waals surface area contributed by atoms with Crippen LogP contribution < -0.4 is 10.6 Å². The van der Waals surface area contributed by atoms with Crippen molar-refractivity contribution in [2.75, 3.05) is 6.54 Å². The van der Waals surface area contributed by atoms with Crippen LogP contribution in [-0.2, 0) is 25.5 Å². The molecule has 1 aromatic heterocycles. The normalized spacial score (nSPS) is 29.0. The first-order valence-electron chi connectivity index (χ1n) is 14.7. The van der Waals surface area contributed by atoms with Gasteiger partial charge in [-0.3, -0.25) is 9.59 Å². The lowest BCUT2D eigenvalue weighted by Crippen LogP contribution is -2.56. The summed E-state index contributed by atoms with van der Waals surface area (Å²) in [7, 11) is 0. The number of hydrogen-bond acceptors (Lipinski definition) is 8. The molecule has 1 aromatic rings. The highest BCUT2D eigenvalue weighted by Crippen LogP contribution is 2.45. The minimum absolute atomic E-state index is 0.121. The summed E-state index contributed by atoms with van der Waals surface area (Å²) in [5, 5.41) is 28.3. The fourth-order valence-corrected chi connectivity index (χ4v) is 5.54. The second kappa shape index (κ2) is 12.6. The molecule has 3 amide bonds. The SMILES string of the molecule is CCCCc1nnn([C@H]2C[C@H]3C(=O)N[C@@]4(C(=O)O)C[C@H]4C=CCCCCC[C@@H](NC(=O)OC(C)(C)C)C(=O)N3C2)n1. The standard InChI is InChI=1S/C28H43N7O6/c1-5-6-14-22-31-33-35(32-22)19-15-21-23(36)30-28(25(38)39)16-18(28)12-10-8-7-9-11-13-20(24(37)34(21)17-19)29-26(40)41-27(2,3)4/h10,12,18-21H,5-9,11,13-17H2,1-4H3,(H,29,40)(H,30,36)(H,38,39)/t18-,19+,20-,21+,28+/m1/s1. The number of aliphatic carboxylic acids is 1. The van der Waals surface area contributed by atoms with Crippen molar-refractivity contribution >= 4 is 23.9 Å². The number of aryl methyl sites for hydroxylation is 1. The van der Waals surface area contributed by atoms with Crippen LogP contribution in [0.4, 0.5) is 4.79 Å². The Bertz CT molecular complexity index is 1160. The highest BCUT2D eigenvalue weighted by molar-refractivity contribution is 5.96. The third-order valence-corrected chi connectivity index (χ3v) is 7.88. The predicted molar refractivity (Wildman–Crippen MR) is 148 cm³/mol. The molecule has 2 fully saturated rings. The number of carboxylic acids is 1. The number of alkyl carbamates (subject to hydrolysis) is 1. The Morgan fingerprint density at radius 2 is 2.02 bits per heavy atom. The van der Waals surface area contributed by atoms with Gasteiger partial charge in [0.15, 0.2) is 5.82 Å². The van der Waals surface area contributed by atoms with Gasteiger partial charge in [0.25, 0.3) is 0 Å². The second-order valence-corrected chi connectivity index (χ2v) is 12.4. The molecule has 3 heterocycles. The van der Waals surface area contributed by atoms with Crippen LogP contribution >= 0.6 is 0 Å². The van der Waals surface area contributed by atoms with Crippen LogP contribution in [0.2, 0.25) is 0 Å². The Morgan fingerprint density at radius 1 is 1.24 bits per heavy atom. The zero-order valence-electron chi connectivity index (χ0n) is 24.5. The minimum Gasteiger partial charge on any atom is -0.479 e. The van der Waals surface area contributed by atoms with Gasteiger partial charge in [0.2, 0.25) is 11.8 Å². The lowest BCUT2D eigenvalue weighted by molar-refractivity contribution is -0.145. The van der Waals surface area contributed by atoms with Gasteiger partial charge in [0.05, 0.1) is 6.04 Å². The predicted octanol–water partition coefficient (Wildman–Crippen LogP) is 2.53. The summed E-state index contributed by atoms with van der Waals surface area (Å²) in [6.07, 6.45) is 9.69. The minimum atomic E-state index is -1.40. The molecule has 0 aromatic carbocycles. The van der Waals surface area contributed by atoms with E-state index in [1.807, 2.05) is 12.2 Å². The Hall–Kier alpha value is -3.51. The van der Waals surface area contributed by atoms with Crippen molar-refractivity contribution in [1.82, 2.24) is 35.7 Å². The molecule has 3 N–H and O–H groups in total. The number of carboxylic acid groups (broad SMARTS) is 1. The number of carbonyl (C=O) groups is 4. The van der Waals surface area contributed by atoms with Crippen molar-refractivity contribution in [3.05, 3.63) is 18.0 Å². The number of nitrogens with one attached hydrogen (secondary N) is 2. The maximum absolute atomic E-state index is 14.0. The Morgan fingerprint density at radius 3 is 2.73 bits per heavy atom. The number of tetrazole rings is 1. The van der Waals surface area contributed by atoms with E-state index < -0.39 is 53.1 Å². The summed E-state index contributed by atoms with van der Waals surface area (Å²) in [5.41, 5.74) is -2.14. The zero-order chi connectivity index (χ0) is 29.8. The van der Waals surface area contributed by atoms with Crippen LogP contribution in [0.15, 0.2) is 12.2 Å². The third kappa shape index (κ3) is 7.42. The maximum Gasteiger partial charge on any atom is 0.408 e. The number of nitrogens with zero attached hydrogens (tertiary/aromatic N) is 5. The van der Waals surface area contributed by atoms with Gasteiger partial charge < -0.3 is 25.4 Å². The van der Waals surface area contributed by atoms with Gasteiger partial charge in [-0.05, 0) is 58.1 Å². The number of aromatic nitrogens is 4. The summed E-state index contributed by atoms with van der Waals surface area (Å²) in [4.78, 5) is 55.5.